The van der Waals surface area contributed by atoms with Crippen LogP contribution >= 0.6 is 11.6 Å². The second-order valence-electron chi connectivity index (χ2n) is 4.31. The first kappa shape index (κ1) is 12.9. The smallest absolute Gasteiger partial charge is 0.277 e. The van der Waals surface area contributed by atoms with Crippen LogP contribution < -0.4 is 10.2 Å². The van der Waals surface area contributed by atoms with Crippen molar-refractivity contribution >= 4 is 23.2 Å². The van der Waals surface area contributed by atoms with Gasteiger partial charge in [0.1, 0.15) is 5.75 Å². The minimum absolute atomic E-state index is 0.0525. The second kappa shape index (κ2) is 5.87. The quantitative estimate of drug-likeness (QED) is 0.658. The third-order valence-electron chi connectivity index (χ3n) is 2.71. The summed E-state index contributed by atoms with van der Waals surface area (Å²) in [7, 11) is 0. The van der Waals surface area contributed by atoms with Gasteiger partial charge >= 0.3 is 0 Å². The fraction of sp³-hybridized carbons (Fsp3) is 0.385. The Labute approximate surface area is 111 Å². The van der Waals surface area contributed by atoms with Crippen LogP contribution in [-0.4, -0.2) is 18.2 Å². The molecule has 1 amide bonds. The number of nitrogens with one attached hydrogen (secondary N) is 1. The van der Waals surface area contributed by atoms with E-state index in [1.54, 1.807) is 24.3 Å². The number of hydrazone groups is 1. The van der Waals surface area contributed by atoms with Gasteiger partial charge in [0.05, 0.1) is 0 Å². The zero-order chi connectivity index (χ0) is 13.0. The van der Waals surface area contributed by atoms with Crippen molar-refractivity contribution in [3.05, 3.63) is 29.3 Å². The molecule has 1 aliphatic rings. The number of nitrogens with zero attached hydrogens (tertiary/aromatic N) is 1. The fourth-order valence-electron chi connectivity index (χ4n) is 1.45. The van der Waals surface area contributed by atoms with E-state index < -0.39 is 0 Å². The SMILES string of the molecule is CC(=NNC(=O)COc1ccc(Cl)cc1)C1CC1. The Hall–Kier alpha value is -1.55. The van der Waals surface area contributed by atoms with Gasteiger partial charge < -0.3 is 4.74 Å². The van der Waals surface area contributed by atoms with E-state index in [0.717, 1.165) is 5.71 Å². The summed E-state index contributed by atoms with van der Waals surface area (Å²) in [6.07, 6.45) is 2.35. The van der Waals surface area contributed by atoms with Gasteiger partial charge in [-0.25, -0.2) is 5.43 Å². The molecule has 1 aliphatic carbocycles. The molecule has 0 spiro atoms. The summed E-state index contributed by atoms with van der Waals surface area (Å²) >= 11 is 5.74. The number of carbonyl (C=O) groups is 1. The van der Waals surface area contributed by atoms with Crippen molar-refractivity contribution in [1.29, 1.82) is 0 Å². The number of benzene rings is 1. The third-order valence-corrected chi connectivity index (χ3v) is 2.96. The number of ether oxygens (including phenoxy) is 1. The minimum Gasteiger partial charge on any atom is -0.484 e. The first-order valence-electron chi connectivity index (χ1n) is 5.86. The second-order valence-corrected chi connectivity index (χ2v) is 4.74. The summed E-state index contributed by atoms with van der Waals surface area (Å²) in [5.74, 6) is 0.907. The van der Waals surface area contributed by atoms with E-state index in [2.05, 4.69) is 10.5 Å². The number of hydrogen-bond acceptors (Lipinski definition) is 3. The molecule has 0 atom stereocenters. The number of amides is 1. The van der Waals surface area contributed by atoms with Crippen LogP contribution in [-0.2, 0) is 4.79 Å². The van der Waals surface area contributed by atoms with Crippen molar-refractivity contribution in [2.45, 2.75) is 19.8 Å². The van der Waals surface area contributed by atoms with E-state index in [0.29, 0.717) is 16.7 Å². The predicted molar refractivity (Wildman–Crippen MR) is 70.9 cm³/mol. The molecule has 1 fully saturated rings. The van der Waals surface area contributed by atoms with Gasteiger partial charge in [0.15, 0.2) is 6.61 Å². The van der Waals surface area contributed by atoms with Crippen LogP contribution in [0.1, 0.15) is 19.8 Å². The number of rotatable bonds is 5. The van der Waals surface area contributed by atoms with Gasteiger partial charge in [-0.15, -0.1) is 0 Å². The molecule has 0 saturated heterocycles. The lowest BCUT2D eigenvalue weighted by atomic mass is 10.3. The topological polar surface area (TPSA) is 50.7 Å². The van der Waals surface area contributed by atoms with E-state index >= 15 is 0 Å². The maximum atomic E-state index is 11.5. The Morgan fingerprint density at radius 2 is 2.11 bits per heavy atom. The highest BCUT2D eigenvalue weighted by molar-refractivity contribution is 6.30. The van der Waals surface area contributed by atoms with Crippen molar-refractivity contribution in [1.82, 2.24) is 5.43 Å². The molecule has 1 saturated carbocycles. The molecular weight excluding hydrogens is 252 g/mol. The highest BCUT2D eigenvalue weighted by Gasteiger charge is 2.24. The molecule has 0 heterocycles. The van der Waals surface area contributed by atoms with Gasteiger partial charge in [-0.2, -0.15) is 5.10 Å². The summed E-state index contributed by atoms with van der Waals surface area (Å²) in [5.41, 5.74) is 3.46. The van der Waals surface area contributed by atoms with Gasteiger partial charge in [-0.3, -0.25) is 4.79 Å². The lowest BCUT2D eigenvalue weighted by Gasteiger charge is -2.05. The molecule has 5 heteroatoms. The van der Waals surface area contributed by atoms with E-state index in [9.17, 15) is 4.79 Å². The van der Waals surface area contributed by atoms with Crippen molar-refractivity contribution in [3.8, 4) is 5.75 Å². The molecule has 4 nitrogen and oxygen atoms in total. The number of carbonyl (C=O) groups excluding carboxylic acids is 1. The van der Waals surface area contributed by atoms with Crippen molar-refractivity contribution < 1.29 is 9.53 Å². The molecule has 2 rings (SSSR count). The fourth-order valence-corrected chi connectivity index (χ4v) is 1.58. The molecular formula is C13H15ClN2O2. The molecule has 0 radical (unpaired) electrons. The summed E-state index contributed by atoms with van der Waals surface area (Å²) in [6, 6.07) is 6.86. The molecule has 0 unspecified atom stereocenters. The summed E-state index contributed by atoms with van der Waals surface area (Å²) in [5, 5.41) is 4.66. The Balaban J connectivity index is 1.74. The largest absolute Gasteiger partial charge is 0.484 e. The molecule has 0 aliphatic heterocycles. The van der Waals surface area contributed by atoms with Gasteiger partial charge in [0, 0.05) is 10.7 Å². The number of halogens is 1. The van der Waals surface area contributed by atoms with Crippen LogP contribution in [0.4, 0.5) is 0 Å². The molecule has 1 aromatic carbocycles. The monoisotopic (exact) mass is 266 g/mol. The van der Waals surface area contributed by atoms with Crippen molar-refractivity contribution in [3.63, 3.8) is 0 Å². The number of hydrogen-bond donors (Lipinski definition) is 1. The lowest BCUT2D eigenvalue weighted by molar-refractivity contribution is -0.123. The van der Waals surface area contributed by atoms with E-state index in [4.69, 9.17) is 16.3 Å². The lowest BCUT2D eigenvalue weighted by Crippen LogP contribution is -2.25. The van der Waals surface area contributed by atoms with Crippen LogP contribution in [0.5, 0.6) is 5.75 Å². The standard InChI is InChI=1S/C13H15ClN2O2/c1-9(10-2-3-10)15-16-13(17)8-18-12-6-4-11(14)5-7-12/h4-7,10H,2-3,8H2,1H3,(H,16,17). The van der Waals surface area contributed by atoms with Crippen LogP contribution in [0.2, 0.25) is 5.02 Å². The zero-order valence-electron chi connectivity index (χ0n) is 10.1. The Morgan fingerprint density at radius 1 is 1.44 bits per heavy atom. The van der Waals surface area contributed by atoms with Crippen LogP contribution in [0.15, 0.2) is 29.4 Å². The van der Waals surface area contributed by atoms with E-state index in [-0.39, 0.29) is 12.5 Å². The molecule has 1 N–H and O–H groups in total. The average molecular weight is 267 g/mol. The zero-order valence-corrected chi connectivity index (χ0v) is 10.9. The Morgan fingerprint density at radius 3 is 2.72 bits per heavy atom. The molecule has 18 heavy (non-hydrogen) atoms. The van der Waals surface area contributed by atoms with Gasteiger partial charge in [-0.1, -0.05) is 11.6 Å². The molecule has 0 aromatic heterocycles. The average Bonchev–Trinajstić information content (AvgIpc) is 3.19. The van der Waals surface area contributed by atoms with E-state index in [1.807, 2.05) is 6.92 Å². The highest BCUT2D eigenvalue weighted by Crippen LogP contribution is 2.30. The summed E-state index contributed by atoms with van der Waals surface area (Å²) in [4.78, 5) is 11.5. The van der Waals surface area contributed by atoms with Gasteiger partial charge in [-0.05, 0) is 49.9 Å². The van der Waals surface area contributed by atoms with Gasteiger partial charge in [0.2, 0.25) is 0 Å². The maximum absolute atomic E-state index is 11.5. The Kier molecular flexibility index (Phi) is 4.20. The van der Waals surface area contributed by atoms with E-state index in [1.165, 1.54) is 12.8 Å². The highest BCUT2D eigenvalue weighted by atomic mass is 35.5. The molecule has 0 bridgehead atoms. The van der Waals surface area contributed by atoms with Crippen molar-refractivity contribution in [2.24, 2.45) is 11.0 Å². The summed E-state index contributed by atoms with van der Waals surface area (Å²) < 4.78 is 5.29. The minimum atomic E-state index is -0.259. The summed E-state index contributed by atoms with van der Waals surface area (Å²) in [6.45, 7) is 1.88. The third kappa shape index (κ3) is 4.04. The first-order valence-corrected chi connectivity index (χ1v) is 6.24. The predicted octanol–water partition coefficient (Wildman–Crippen LogP) is 2.62. The van der Waals surface area contributed by atoms with Crippen LogP contribution in [0.25, 0.3) is 0 Å². The van der Waals surface area contributed by atoms with Gasteiger partial charge in [0.25, 0.3) is 5.91 Å². The van der Waals surface area contributed by atoms with Crippen LogP contribution in [0, 0.1) is 5.92 Å². The first-order chi connectivity index (χ1) is 8.65. The molecule has 1 aromatic rings. The normalized spacial score (nSPS) is 15.3. The maximum Gasteiger partial charge on any atom is 0.277 e. The molecule has 96 valence electrons. The van der Waals surface area contributed by atoms with Crippen molar-refractivity contribution in [2.75, 3.05) is 6.61 Å². The Bertz CT molecular complexity index is 453. The van der Waals surface area contributed by atoms with Crippen LogP contribution in [0.3, 0.4) is 0 Å².